The highest BCUT2D eigenvalue weighted by atomic mass is 16.5. The molecule has 2 saturated heterocycles. The molecule has 0 amide bonds. The number of ether oxygens (including phenoxy) is 1. The van der Waals surface area contributed by atoms with Crippen molar-refractivity contribution in [3.05, 3.63) is 35.9 Å². The maximum atomic E-state index is 5.34. The summed E-state index contributed by atoms with van der Waals surface area (Å²) in [6.07, 6.45) is 2.42. The Morgan fingerprint density at radius 2 is 2.13 bits per heavy atom. The van der Waals surface area contributed by atoms with Gasteiger partial charge in [-0.1, -0.05) is 37.3 Å². The molecule has 0 saturated carbocycles. The number of guanidine groups is 1. The third-order valence-corrected chi connectivity index (χ3v) is 4.80. The molecule has 1 N–H and O–H groups in total. The van der Waals surface area contributed by atoms with E-state index in [9.17, 15) is 0 Å². The van der Waals surface area contributed by atoms with Gasteiger partial charge >= 0.3 is 0 Å². The van der Waals surface area contributed by atoms with Gasteiger partial charge in [-0.05, 0) is 31.2 Å². The van der Waals surface area contributed by atoms with Crippen molar-refractivity contribution in [2.45, 2.75) is 26.7 Å². The zero-order valence-corrected chi connectivity index (χ0v) is 14.4. The summed E-state index contributed by atoms with van der Waals surface area (Å²) in [5.41, 5.74) is 1.68. The predicted molar refractivity (Wildman–Crippen MR) is 94.7 cm³/mol. The van der Waals surface area contributed by atoms with Crippen molar-refractivity contribution in [3.63, 3.8) is 0 Å². The van der Waals surface area contributed by atoms with Crippen LogP contribution in [0.4, 0.5) is 0 Å². The van der Waals surface area contributed by atoms with Crippen LogP contribution in [0.2, 0.25) is 0 Å². The molecule has 1 atom stereocenters. The Labute approximate surface area is 139 Å². The second-order valence-corrected chi connectivity index (χ2v) is 7.26. The van der Waals surface area contributed by atoms with E-state index in [1.165, 1.54) is 18.4 Å². The molecule has 2 aliphatic rings. The van der Waals surface area contributed by atoms with Crippen molar-refractivity contribution in [3.8, 4) is 0 Å². The van der Waals surface area contributed by atoms with Crippen LogP contribution in [0.15, 0.2) is 35.3 Å². The van der Waals surface area contributed by atoms with Gasteiger partial charge < -0.3 is 15.0 Å². The predicted octanol–water partition coefficient (Wildman–Crippen LogP) is 2.55. The summed E-state index contributed by atoms with van der Waals surface area (Å²) >= 11 is 0. The van der Waals surface area contributed by atoms with Crippen molar-refractivity contribution in [2.75, 3.05) is 39.4 Å². The number of likely N-dealkylation sites (tertiary alicyclic amines) is 1. The van der Waals surface area contributed by atoms with E-state index in [4.69, 9.17) is 9.73 Å². The Morgan fingerprint density at radius 1 is 1.35 bits per heavy atom. The van der Waals surface area contributed by atoms with Gasteiger partial charge in [-0.25, -0.2) is 0 Å². The average Bonchev–Trinajstić information content (AvgIpc) is 2.99. The highest BCUT2D eigenvalue weighted by Gasteiger charge is 2.33. The summed E-state index contributed by atoms with van der Waals surface area (Å²) in [7, 11) is 0. The number of benzene rings is 1. The zero-order chi connectivity index (χ0) is 16.1. The molecule has 0 radical (unpaired) electrons. The number of rotatable bonds is 5. The molecule has 4 nitrogen and oxygen atoms in total. The number of aliphatic imine (C=N–C) groups is 1. The molecule has 1 aromatic carbocycles. The standard InChI is InChI=1S/C19H29N3O/c1-3-20-18(21-13-19(2)14-23-15-19)22-10-9-17(12-22)11-16-7-5-4-6-8-16/h4-8,17H,3,9-15H2,1-2H3,(H,20,21). The molecule has 2 heterocycles. The minimum Gasteiger partial charge on any atom is -0.380 e. The molecule has 2 fully saturated rings. The fourth-order valence-corrected chi connectivity index (χ4v) is 3.37. The Bertz CT molecular complexity index is 525. The van der Waals surface area contributed by atoms with Crippen molar-refractivity contribution in [1.82, 2.24) is 10.2 Å². The Hall–Kier alpha value is -1.55. The largest absolute Gasteiger partial charge is 0.380 e. The van der Waals surface area contributed by atoms with E-state index in [1.54, 1.807) is 0 Å². The fourth-order valence-electron chi connectivity index (χ4n) is 3.37. The van der Waals surface area contributed by atoms with Crippen LogP contribution in [0.5, 0.6) is 0 Å². The molecule has 1 aromatic rings. The molecule has 0 aliphatic carbocycles. The monoisotopic (exact) mass is 315 g/mol. The normalized spacial score (nSPS) is 23.7. The van der Waals surface area contributed by atoms with Crippen LogP contribution in [0.1, 0.15) is 25.8 Å². The lowest BCUT2D eigenvalue weighted by atomic mass is 9.89. The third-order valence-electron chi connectivity index (χ3n) is 4.80. The molecule has 2 aliphatic heterocycles. The highest BCUT2D eigenvalue weighted by molar-refractivity contribution is 5.80. The lowest BCUT2D eigenvalue weighted by molar-refractivity contribution is -0.0945. The molecule has 3 rings (SSSR count). The summed E-state index contributed by atoms with van der Waals surface area (Å²) in [5.74, 6) is 1.81. The van der Waals surface area contributed by atoms with Crippen LogP contribution in [-0.2, 0) is 11.2 Å². The second kappa shape index (κ2) is 7.35. The minimum absolute atomic E-state index is 0.240. The molecule has 23 heavy (non-hydrogen) atoms. The third kappa shape index (κ3) is 4.25. The maximum absolute atomic E-state index is 5.34. The molecular weight excluding hydrogens is 286 g/mol. The summed E-state index contributed by atoms with van der Waals surface area (Å²) in [4.78, 5) is 7.31. The van der Waals surface area contributed by atoms with Gasteiger partial charge in [0.1, 0.15) is 0 Å². The van der Waals surface area contributed by atoms with Crippen LogP contribution in [-0.4, -0.2) is 50.3 Å². The fraction of sp³-hybridized carbons (Fsp3) is 0.632. The average molecular weight is 315 g/mol. The Morgan fingerprint density at radius 3 is 2.78 bits per heavy atom. The summed E-state index contributed by atoms with van der Waals surface area (Å²) in [5, 5.41) is 3.46. The van der Waals surface area contributed by atoms with E-state index in [1.807, 2.05) is 0 Å². The van der Waals surface area contributed by atoms with Gasteiger partial charge in [-0.15, -0.1) is 0 Å². The smallest absolute Gasteiger partial charge is 0.193 e. The molecule has 0 bridgehead atoms. The molecule has 4 heteroatoms. The van der Waals surface area contributed by atoms with E-state index < -0.39 is 0 Å². The van der Waals surface area contributed by atoms with Gasteiger partial charge in [0, 0.05) is 25.0 Å². The van der Waals surface area contributed by atoms with Crippen molar-refractivity contribution >= 4 is 5.96 Å². The Kier molecular flexibility index (Phi) is 5.21. The van der Waals surface area contributed by atoms with E-state index in [0.717, 1.165) is 51.3 Å². The molecule has 0 spiro atoms. The van der Waals surface area contributed by atoms with Crippen LogP contribution in [0, 0.1) is 11.3 Å². The van der Waals surface area contributed by atoms with E-state index in [2.05, 4.69) is 54.4 Å². The highest BCUT2D eigenvalue weighted by Crippen LogP contribution is 2.27. The van der Waals surface area contributed by atoms with Gasteiger partial charge in [-0.3, -0.25) is 4.99 Å². The first-order chi connectivity index (χ1) is 11.2. The summed E-state index contributed by atoms with van der Waals surface area (Å²) in [6, 6.07) is 10.8. The number of nitrogens with one attached hydrogen (secondary N) is 1. The van der Waals surface area contributed by atoms with Gasteiger partial charge in [0.2, 0.25) is 0 Å². The molecular formula is C19H29N3O. The van der Waals surface area contributed by atoms with E-state index >= 15 is 0 Å². The summed E-state index contributed by atoms with van der Waals surface area (Å²) in [6.45, 7) is 10.1. The van der Waals surface area contributed by atoms with Crippen LogP contribution in [0.3, 0.4) is 0 Å². The number of hydrogen-bond acceptors (Lipinski definition) is 2. The first kappa shape index (κ1) is 16.3. The molecule has 126 valence electrons. The van der Waals surface area contributed by atoms with E-state index in [0.29, 0.717) is 0 Å². The van der Waals surface area contributed by atoms with Crippen LogP contribution in [0.25, 0.3) is 0 Å². The van der Waals surface area contributed by atoms with Gasteiger partial charge in [0.15, 0.2) is 5.96 Å². The molecule has 0 aromatic heterocycles. The first-order valence-electron chi connectivity index (χ1n) is 8.83. The number of hydrogen-bond donors (Lipinski definition) is 1. The van der Waals surface area contributed by atoms with Crippen LogP contribution >= 0.6 is 0 Å². The first-order valence-corrected chi connectivity index (χ1v) is 8.83. The van der Waals surface area contributed by atoms with Crippen molar-refractivity contribution < 1.29 is 4.74 Å². The van der Waals surface area contributed by atoms with Crippen molar-refractivity contribution in [1.29, 1.82) is 0 Å². The SMILES string of the molecule is CCNC(=NCC1(C)COC1)N1CCC(Cc2ccccc2)C1. The second-order valence-electron chi connectivity index (χ2n) is 7.26. The van der Waals surface area contributed by atoms with E-state index in [-0.39, 0.29) is 5.41 Å². The maximum Gasteiger partial charge on any atom is 0.193 e. The quantitative estimate of drug-likeness (QED) is 0.670. The molecule has 1 unspecified atom stereocenters. The number of nitrogens with zero attached hydrogens (tertiary/aromatic N) is 2. The lowest BCUT2D eigenvalue weighted by Gasteiger charge is -2.37. The topological polar surface area (TPSA) is 36.9 Å². The summed E-state index contributed by atoms with van der Waals surface area (Å²) < 4.78 is 5.34. The van der Waals surface area contributed by atoms with Crippen molar-refractivity contribution in [2.24, 2.45) is 16.3 Å². The van der Waals surface area contributed by atoms with Gasteiger partial charge in [0.05, 0.1) is 19.8 Å². The van der Waals surface area contributed by atoms with Gasteiger partial charge in [-0.2, -0.15) is 0 Å². The van der Waals surface area contributed by atoms with Gasteiger partial charge in [0.25, 0.3) is 0 Å². The lowest BCUT2D eigenvalue weighted by Crippen LogP contribution is -2.45. The zero-order valence-electron chi connectivity index (χ0n) is 14.4. The Balaban J connectivity index is 1.57. The van der Waals surface area contributed by atoms with Crippen LogP contribution < -0.4 is 5.32 Å². The minimum atomic E-state index is 0.240.